The maximum Gasteiger partial charge on any atom is 0.349 e. The van der Waals surface area contributed by atoms with Crippen LogP contribution in [0.2, 0.25) is 0 Å². The Bertz CT molecular complexity index is 858. The van der Waals surface area contributed by atoms with Crippen LogP contribution in [0.4, 0.5) is 10.7 Å². The molecule has 0 aliphatic carbocycles. The highest BCUT2D eigenvalue weighted by Gasteiger charge is 2.17. The van der Waals surface area contributed by atoms with E-state index in [2.05, 4.69) is 5.32 Å². The average molecular weight is 392 g/mol. The number of nitrogens with zero attached hydrogens (tertiary/aromatic N) is 1. The first-order valence-electron chi connectivity index (χ1n) is 7.78. The number of carbonyl (C=O) groups excluding carboxylic acids is 3. The zero-order valence-electron chi connectivity index (χ0n) is 14.5. The molecular formula is C17H16N2O7S. The third-order valence-corrected chi connectivity index (χ3v) is 4.07. The van der Waals surface area contributed by atoms with Crippen molar-refractivity contribution in [3.63, 3.8) is 0 Å². The fraction of sp³-hybridized carbons (Fsp3) is 0.235. The van der Waals surface area contributed by atoms with E-state index in [1.54, 1.807) is 13.8 Å². The summed E-state index contributed by atoms with van der Waals surface area (Å²) < 4.78 is 9.88. The van der Waals surface area contributed by atoms with E-state index in [-0.39, 0.29) is 16.0 Å². The van der Waals surface area contributed by atoms with Crippen molar-refractivity contribution in [3.05, 3.63) is 57.0 Å². The van der Waals surface area contributed by atoms with E-state index in [4.69, 9.17) is 9.47 Å². The predicted molar refractivity (Wildman–Crippen MR) is 96.9 cm³/mol. The molecule has 0 saturated carbocycles. The first-order valence-corrected chi connectivity index (χ1v) is 8.60. The number of carbonyl (C=O) groups is 3. The molecule has 9 nitrogen and oxygen atoms in total. The Kier molecular flexibility index (Phi) is 6.61. The molecule has 27 heavy (non-hydrogen) atoms. The van der Waals surface area contributed by atoms with Gasteiger partial charge in [0.25, 0.3) is 5.91 Å². The fourth-order valence-corrected chi connectivity index (χ4v) is 2.62. The van der Waals surface area contributed by atoms with E-state index < -0.39 is 29.4 Å². The number of nitro groups is 1. The molecule has 1 N–H and O–H groups in total. The van der Waals surface area contributed by atoms with Gasteiger partial charge in [-0.2, -0.15) is 0 Å². The molecule has 0 unspecified atom stereocenters. The summed E-state index contributed by atoms with van der Waals surface area (Å²) in [6.45, 7) is 2.92. The van der Waals surface area contributed by atoms with E-state index >= 15 is 0 Å². The van der Waals surface area contributed by atoms with Gasteiger partial charge in [0.1, 0.15) is 4.88 Å². The van der Waals surface area contributed by atoms with Gasteiger partial charge in [-0.25, -0.2) is 9.59 Å². The maximum absolute atomic E-state index is 11.8. The SMILES string of the molecule is CC(C)OC(=O)c1ccc(NC(=O)COC(=O)c2ccc([N+](=O)[O-])s2)cc1. The highest BCUT2D eigenvalue weighted by Crippen LogP contribution is 2.24. The number of esters is 2. The highest BCUT2D eigenvalue weighted by molar-refractivity contribution is 7.17. The number of hydrogen-bond donors (Lipinski definition) is 1. The number of nitrogens with one attached hydrogen (secondary N) is 1. The van der Waals surface area contributed by atoms with Crippen LogP contribution in [-0.4, -0.2) is 35.5 Å². The number of rotatable bonds is 7. The summed E-state index contributed by atoms with van der Waals surface area (Å²) >= 11 is 0.664. The fourth-order valence-electron chi connectivity index (χ4n) is 1.91. The Morgan fingerprint density at radius 1 is 1.11 bits per heavy atom. The molecule has 0 atom stereocenters. The molecule has 2 rings (SSSR count). The Balaban J connectivity index is 1.85. The van der Waals surface area contributed by atoms with Crippen LogP contribution in [0.1, 0.15) is 33.9 Å². The van der Waals surface area contributed by atoms with Crippen molar-refractivity contribution in [1.29, 1.82) is 0 Å². The number of hydrogen-bond acceptors (Lipinski definition) is 8. The number of benzene rings is 1. The molecule has 0 aliphatic rings. The Labute approximate surface area is 158 Å². The molecule has 2 aromatic rings. The van der Waals surface area contributed by atoms with Gasteiger partial charge in [0.2, 0.25) is 0 Å². The van der Waals surface area contributed by atoms with Gasteiger partial charge in [-0.15, -0.1) is 0 Å². The van der Waals surface area contributed by atoms with Crippen molar-refractivity contribution in [3.8, 4) is 0 Å². The van der Waals surface area contributed by atoms with Gasteiger partial charge in [-0.05, 0) is 44.2 Å². The highest BCUT2D eigenvalue weighted by atomic mass is 32.1. The third kappa shape index (κ3) is 5.89. The number of amides is 1. The van der Waals surface area contributed by atoms with Crippen LogP contribution in [-0.2, 0) is 14.3 Å². The Hall–Kier alpha value is -3.27. The molecule has 1 heterocycles. The van der Waals surface area contributed by atoms with Gasteiger partial charge in [-0.1, -0.05) is 11.3 Å². The lowest BCUT2D eigenvalue weighted by Gasteiger charge is -2.09. The summed E-state index contributed by atoms with van der Waals surface area (Å²) in [5.74, 6) is -1.89. The van der Waals surface area contributed by atoms with Gasteiger partial charge in [0, 0.05) is 11.8 Å². The average Bonchev–Trinajstić information content (AvgIpc) is 3.10. The molecule has 142 valence electrons. The van der Waals surface area contributed by atoms with Gasteiger partial charge in [0.15, 0.2) is 6.61 Å². The summed E-state index contributed by atoms with van der Waals surface area (Å²) in [4.78, 5) is 45.4. The van der Waals surface area contributed by atoms with Crippen LogP contribution in [0.25, 0.3) is 0 Å². The van der Waals surface area contributed by atoms with Crippen LogP contribution >= 0.6 is 11.3 Å². The van der Waals surface area contributed by atoms with Gasteiger partial charge in [0.05, 0.1) is 16.6 Å². The second-order valence-electron chi connectivity index (χ2n) is 5.55. The lowest BCUT2D eigenvalue weighted by atomic mass is 10.2. The predicted octanol–water partition coefficient (Wildman–Crippen LogP) is 3.02. The summed E-state index contributed by atoms with van der Waals surface area (Å²) in [6, 6.07) is 8.47. The molecular weight excluding hydrogens is 376 g/mol. The normalized spacial score (nSPS) is 10.3. The van der Waals surface area contributed by atoms with Gasteiger partial charge in [-0.3, -0.25) is 14.9 Å². The van der Waals surface area contributed by atoms with Crippen molar-refractivity contribution in [2.45, 2.75) is 20.0 Å². The summed E-state index contributed by atoms with van der Waals surface area (Å²) in [7, 11) is 0. The van der Waals surface area contributed by atoms with Crippen molar-refractivity contribution in [1.82, 2.24) is 0 Å². The van der Waals surface area contributed by atoms with Crippen LogP contribution < -0.4 is 5.32 Å². The monoisotopic (exact) mass is 392 g/mol. The zero-order chi connectivity index (χ0) is 20.0. The summed E-state index contributed by atoms with van der Waals surface area (Å²) in [5.41, 5.74) is 0.747. The molecule has 0 fully saturated rings. The topological polar surface area (TPSA) is 125 Å². The van der Waals surface area contributed by atoms with Crippen molar-refractivity contribution in [2.75, 3.05) is 11.9 Å². The van der Waals surface area contributed by atoms with Gasteiger partial charge < -0.3 is 14.8 Å². The second-order valence-corrected chi connectivity index (χ2v) is 6.61. The standard InChI is InChI=1S/C17H16N2O7S/c1-10(2)26-16(21)11-3-5-12(6-4-11)18-14(20)9-25-17(22)13-7-8-15(27-13)19(23)24/h3-8,10H,9H2,1-2H3,(H,18,20). The minimum absolute atomic E-state index is 0.0301. The first kappa shape index (κ1) is 20.0. The van der Waals surface area contributed by atoms with E-state index in [9.17, 15) is 24.5 Å². The van der Waals surface area contributed by atoms with Crippen LogP contribution in [0, 0.1) is 10.1 Å². The number of ether oxygens (including phenoxy) is 2. The first-order chi connectivity index (χ1) is 12.8. The molecule has 0 bridgehead atoms. The number of thiophene rings is 1. The minimum atomic E-state index is -0.824. The largest absolute Gasteiger partial charge is 0.459 e. The molecule has 0 spiro atoms. The third-order valence-electron chi connectivity index (χ3n) is 3.05. The Morgan fingerprint density at radius 3 is 2.33 bits per heavy atom. The van der Waals surface area contributed by atoms with Crippen LogP contribution in [0.15, 0.2) is 36.4 Å². The maximum atomic E-state index is 11.8. The van der Waals surface area contributed by atoms with Crippen LogP contribution in [0.3, 0.4) is 0 Å². The lowest BCUT2D eigenvalue weighted by Crippen LogP contribution is -2.20. The smallest absolute Gasteiger partial charge is 0.349 e. The minimum Gasteiger partial charge on any atom is -0.459 e. The van der Waals surface area contributed by atoms with E-state index in [0.717, 1.165) is 0 Å². The van der Waals surface area contributed by atoms with Crippen molar-refractivity contribution >= 4 is 39.9 Å². The molecule has 10 heteroatoms. The van der Waals surface area contributed by atoms with E-state index in [0.29, 0.717) is 22.6 Å². The summed E-state index contributed by atoms with van der Waals surface area (Å²) in [5, 5.41) is 12.9. The summed E-state index contributed by atoms with van der Waals surface area (Å²) in [6.07, 6.45) is -0.239. The number of anilines is 1. The Morgan fingerprint density at radius 2 is 1.78 bits per heavy atom. The van der Waals surface area contributed by atoms with Crippen LogP contribution in [0.5, 0.6) is 0 Å². The van der Waals surface area contributed by atoms with Crippen molar-refractivity contribution < 1.29 is 28.8 Å². The molecule has 1 aromatic heterocycles. The zero-order valence-corrected chi connectivity index (χ0v) is 15.3. The molecule has 1 aromatic carbocycles. The molecule has 1 amide bonds. The molecule has 0 saturated heterocycles. The van der Waals surface area contributed by atoms with Crippen molar-refractivity contribution in [2.24, 2.45) is 0 Å². The van der Waals surface area contributed by atoms with E-state index in [1.165, 1.54) is 36.4 Å². The van der Waals surface area contributed by atoms with E-state index in [1.807, 2.05) is 0 Å². The lowest BCUT2D eigenvalue weighted by molar-refractivity contribution is -0.380. The quantitative estimate of drug-likeness (QED) is 0.436. The molecule has 0 radical (unpaired) electrons. The molecule has 0 aliphatic heterocycles. The second kappa shape index (κ2) is 8.90. The van der Waals surface area contributed by atoms with Gasteiger partial charge >= 0.3 is 16.9 Å².